The fourth-order valence-electron chi connectivity index (χ4n) is 1.36. The van der Waals surface area contributed by atoms with Crippen LogP contribution in [0, 0.1) is 0 Å². The summed E-state index contributed by atoms with van der Waals surface area (Å²) in [5, 5.41) is 0. The Kier molecular flexibility index (Phi) is 1.96. The van der Waals surface area contributed by atoms with Crippen molar-refractivity contribution in [2.75, 3.05) is 11.9 Å². The molecule has 0 aliphatic carbocycles. The zero-order valence-electron chi connectivity index (χ0n) is 8.07. The number of amides is 2. The molecule has 0 aliphatic heterocycles. The molecule has 0 saturated heterocycles. The van der Waals surface area contributed by atoms with Gasteiger partial charge in [0, 0.05) is 12.7 Å². The molecule has 78 valence electrons. The lowest BCUT2D eigenvalue weighted by Crippen LogP contribution is -2.31. The second kappa shape index (κ2) is 3.16. The van der Waals surface area contributed by atoms with Gasteiger partial charge in [-0.3, -0.25) is 4.90 Å². The van der Waals surface area contributed by atoms with Crippen LogP contribution in [0.15, 0.2) is 23.0 Å². The van der Waals surface area contributed by atoms with Gasteiger partial charge in [-0.05, 0) is 18.2 Å². The van der Waals surface area contributed by atoms with E-state index in [0.29, 0.717) is 16.7 Å². The smallest absolute Gasteiger partial charge is 0.323 e. The molecule has 6 heteroatoms. The lowest BCUT2D eigenvalue weighted by atomic mass is 10.2. The summed E-state index contributed by atoms with van der Waals surface area (Å²) in [7, 11) is 1.56. The average Bonchev–Trinajstić information content (AvgIpc) is 2.55. The molecule has 0 aliphatic rings. The standard InChI is InChI=1S/C9H10N4O2/c1-13(8(10)14)5-2-3-6-7(4-5)12-9(15)11-6/h2-4H,1H3,(H2,10,14)(H2,11,12,15). The van der Waals surface area contributed by atoms with Crippen LogP contribution < -0.4 is 16.3 Å². The van der Waals surface area contributed by atoms with E-state index in [1.807, 2.05) is 0 Å². The van der Waals surface area contributed by atoms with Crippen molar-refractivity contribution < 1.29 is 4.79 Å². The molecule has 6 nitrogen and oxygen atoms in total. The summed E-state index contributed by atoms with van der Waals surface area (Å²) in [6.07, 6.45) is 0. The number of benzene rings is 1. The molecule has 4 N–H and O–H groups in total. The van der Waals surface area contributed by atoms with E-state index in [1.54, 1.807) is 25.2 Å². The Hall–Kier alpha value is -2.24. The molecule has 15 heavy (non-hydrogen) atoms. The third kappa shape index (κ3) is 1.56. The van der Waals surface area contributed by atoms with E-state index in [9.17, 15) is 9.59 Å². The Bertz CT molecular complexity index is 569. The molecule has 0 unspecified atom stereocenters. The highest BCUT2D eigenvalue weighted by atomic mass is 16.2. The summed E-state index contributed by atoms with van der Waals surface area (Å²) < 4.78 is 0. The van der Waals surface area contributed by atoms with Crippen LogP contribution in [0.4, 0.5) is 10.5 Å². The van der Waals surface area contributed by atoms with Crippen molar-refractivity contribution in [2.24, 2.45) is 5.73 Å². The maximum absolute atomic E-state index is 11.0. The van der Waals surface area contributed by atoms with Gasteiger partial charge in [-0.2, -0.15) is 0 Å². The van der Waals surface area contributed by atoms with E-state index in [2.05, 4.69) is 9.97 Å². The molecule has 2 amide bonds. The number of urea groups is 1. The zero-order chi connectivity index (χ0) is 11.0. The number of fused-ring (bicyclic) bond motifs is 1. The molecule has 0 radical (unpaired) electrons. The van der Waals surface area contributed by atoms with Crippen LogP contribution in [0.2, 0.25) is 0 Å². The predicted molar refractivity (Wildman–Crippen MR) is 56.9 cm³/mol. The van der Waals surface area contributed by atoms with Crippen molar-refractivity contribution in [2.45, 2.75) is 0 Å². The van der Waals surface area contributed by atoms with Gasteiger partial charge in [-0.25, -0.2) is 9.59 Å². The Morgan fingerprint density at radius 1 is 1.33 bits per heavy atom. The third-order valence-electron chi connectivity index (χ3n) is 2.22. The number of nitrogens with one attached hydrogen (secondary N) is 2. The molecule has 0 fully saturated rings. The van der Waals surface area contributed by atoms with E-state index >= 15 is 0 Å². The van der Waals surface area contributed by atoms with Gasteiger partial charge in [0.25, 0.3) is 0 Å². The molecule has 0 spiro atoms. The minimum absolute atomic E-state index is 0.274. The molecule has 0 bridgehead atoms. The highest BCUT2D eigenvalue weighted by molar-refractivity contribution is 5.92. The first-order valence-electron chi connectivity index (χ1n) is 4.33. The Morgan fingerprint density at radius 3 is 2.67 bits per heavy atom. The van der Waals surface area contributed by atoms with Gasteiger partial charge < -0.3 is 15.7 Å². The Balaban J connectivity index is 2.55. The van der Waals surface area contributed by atoms with Gasteiger partial charge in [0.15, 0.2) is 0 Å². The molecular formula is C9H10N4O2. The molecule has 0 atom stereocenters. The number of carbonyl (C=O) groups excluding carboxylic acids is 1. The van der Waals surface area contributed by atoms with E-state index in [1.165, 1.54) is 4.90 Å². The predicted octanol–water partition coefficient (Wildman–Crippen LogP) is 0.371. The summed E-state index contributed by atoms with van der Waals surface area (Å²) >= 11 is 0. The first-order chi connectivity index (χ1) is 7.08. The van der Waals surface area contributed by atoms with E-state index in [4.69, 9.17) is 5.73 Å². The Labute approximate surface area is 84.7 Å². The summed E-state index contributed by atoms with van der Waals surface area (Å²) in [5.74, 6) is 0. The number of imidazole rings is 1. The highest BCUT2D eigenvalue weighted by Gasteiger charge is 2.07. The fourth-order valence-corrected chi connectivity index (χ4v) is 1.36. The van der Waals surface area contributed by atoms with E-state index < -0.39 is 6.03 Å². The maximum atomic E-state index is 11.0. The summed E-state index contributed by atoms with van der Waals surface area (Å²) in [4.78, 5) is 28.4. The third-order valence-corrected chi connectivity index (χ3v) is 2.22. The first kappa shape index (κ1) is 9.32. The van der Waals surface area contributed by atoms with E-state index in [-0.39, 0.29) is 5.69 Å². The number of H-pyrrole nitrogens is 2. The molecular weight excluding hydrogens is 196 g/mol. The highest BCUT2D eigenvalue weighted by Crippen LogP contribution is 2.17. The quantitative estimate of drug-likeness (QED) is 0.628. The van der Waals surface area contributed by atoms with Crippen LogP contribution in [-0.2, 0) is 0 Å². The number of rotatable bonds is 1. The van der Waals surface area contributed by atoms with Gasteiger partial charge in [0.2, 0.25) is 0 Å². The van der Waals surface area contributed by atoms with Crippen LogP contribution in [0.5, 0.6) is 0 Å². The first-order valence-corrected chi connectivity index (χ1v) is 4.33. The van der Waals surface area contributed by atoms with Crippen molar-refractivity contribution in [3.8, 4) is 0 Å². The van der Waals surface area contributed by atoms with Crippen molar-refractivity contribution >= 4 is 22.8 Å². The van der Waals surface area contributed by atoms with Crippen molar-refractivity contribution in [1.82, 2.24) is 9.97 Å². The fraction of sp³-hybridized carbons (Fsp3) is 0.111. The molecule has 2 aromatic rings. The van der Waals surface area contributed by atoms with Crippen LogP contribution in [0.3, 0.4) is 0 Å². The van der Waals surface area contributed by atoms with Gasteiger partial charge in [-0.15, -0.1) is 0 Å². The second-order valence-electron chi connectivity index (χ2n) is 3.21. The number of hydrogen-bond donors (Lipinski definition) is 3. The van der Waals surface area contributed by atoms with Gasteiger partial charge in [0.05, 0.1) is 11.0 Å². The average molecular weight is 206 g/mol. The summed E-state index contributed by atoms with van der Waals surface area (Å²) in [6.45, 7) is 0. The van der Waals surface area contributed by atoms with Gasteiger partial charge in [-0.1, -0.05) is 0 Å². The number of aromatic nitrogens is 2. The number of aromatic amines is 2. The van der Waals surface area contributed by atoms with Crippen molar-refractivity contribution in [1.29, 1.82) is 0 Å². The summed E-state index contributed by atoms with van der Waals surface area (Å²) in [5.41, 5.74) is 6.82. The minimum atomic E-state index is -0.549. The normalized spacial score (nSPS) is 10.5. The molecule has 2 rings (SSSR count). The lowest BCUT2D eigenvalue weighted by molar-refractivity contribution is 0.255. The second-order valence-corrected chi connectivity index (χ2v) is 3.21. The van der Waals surface area contributed by atoms with Crippen LogP contribution >= 0.6 is 0 Å². The van der Waals surface area contributed by atoms with Crippen molar-refractivity contribution in [3.05, 3.63) is 28.7 Å². The topological polar surface area (TPSA) is 95.0 Å². The minimum Gasteiger partial charge on any atom is -0.351 e. The van der Waals surface area contributed by atoms with Crippen LogP contribution in [0.25, 0.3) is 11.0 Å². The monoisotopic (exact) mass is 206 g/mol. The zero-order valence-corrected chi connectivity index (χ0v) is 8.07. The molecule has 1 aromatic heterocycles. The number of nitrogens with zero attached hydrogens (tertiary/aromatic N) is 1. The largest absolute Gasteiger partial charge is 0.351 e. The number of carbonyl (C=O) groups is 1. The van der Waals surface area contributed by atoms with Gasteiger partial charge >= 0.3 is 11.7 Å². The Morgan fingerprint density at radius 2 is 2.00 bits per heavy atom. The van der Waals surface area contributed by atoms with Crippen LogP contribution in [-0.4, -0.2) is 23.0 Å². The number of anilines is 1. The van der Waals surface area contributed by atoms with E-state index in [0.717, 1.165) is 0 Å². The maximum Gasteiger partial charge on any atom is 0.323 e. The van der Waals surface area contributed by atoms with Crippen molar-refractivity contribution in [3.63, 3.8) is 0 Å². The lowest BCUT2D eigenvalue weighted by Gasteiger charge is -2.13. The summed E-state index contributed by atoms with van der Waals surface area (Å²) in [6, 6.07) is 4.55. The number of primary amides is 1. The molecule has 0 saturated carbocycles. The SMILES string of the molecule is CN(C(N)=O)c1ccc2[nH]c(=O)[nH]c2c1. The molecule has 1 aromatic carbocycles. The number of nitrogens with two attached hydrogens (primary N) is 1. The number of hydrogen-bond acceptors (Lipinski definition) is 2. The molecule has 1 heterocycles. The van der Waals surface area contributed by atoms with Gasteiger partial charge in [0.1, 0.15) is 0 Å². The van der Waals surface area contributed by atoms with Crippen LogP contribution in [0.1, 0.15) is 0 Å².